The second-order valence-electron chi connectivity index (χ2n) is 7.48. The van der Waals surface area contributed by atoms with E-state index < -0.39 is 44.5 Å². The van der Waals surface area contributed by atoms with Gasteiger partial charge < -0.3 is 10.4 Å². The van der Waals surface area contributed by atoms with Gasteiger partial charge in [-0.2, -0.15) is 0 Å². The van der Waals surface area contributed by atoms with E-state index in [1.165, 1.54) is 41.3 Å². The molecule has 2 unspecified atom stereocenters. The molecule has 1 fully saturated rings. The molecule has 0 radical (unpaired) electrons. The molecular weight excluding hydrogens is 500 g/mol. The van der Waals surface area contributed by atoms with Crippen LogP contribution in [0.3, 0.4) is 0 Å². The van der Waals surface area contributed by atoms with Crippen molar-refractivity contribution in [2.24, 2.45) is 0 Å². The van der Waals surface area contributed by atoms with Crippen LogP contribution in [0, 0.1) is 20.2 Å². The quantitative estimate of drug-likeness (QED) is 0.304. The molecule has 2 aliphatic rings. The van der Waals surface area contributed by atoms with Gasteiger partial charge in [0.15, 0.2) is 0 Å². The van der Waals surface area contributed by atoms with E-state index in [1.807, 2.05) is 11.4 Å². The fraction of sp³-hybridized carbons (Fsp3) is 0.190. The van der Waals surface area contributed by atoms with Crippen molar-refractivity contribution in [3.63, 3.8) is 0 Å². The summed E-state index contributed by atoms with van der Waals surface area (Å²) in [6, 6.07) is 5.87. The molecule has 14 heteroatoms. The highest BCUT2D eigenvalue weighted by Crippen LogP contribution is 2.41. The smallest absolute Gasteiger partial charge is 0.352 e. The molecule has 2 amide bonds. The van der Waals surface area contributed by atoms with Crippen molar-refractivity contribution in [2.45, 2.75) is 17.8 Å². The Morgan fingerprint density at radius 3 is 2.60 bits per heavy atom. The number of allylic oxidation sites excluding steroid dienone is 1. The minimum atomic E-state index is -1.36. The van der Waals surface area contributed by atoms with Crippen LogP contribution >= 0.6 is 23.1 Å². The number of hydrogen-bond donors (Lipinski definition) is 2. The number of benzene rings is 1. The SMILES string of the molecule is O=C(Cc1cccs1)NC1C(=O)N2C(C(=O)O)=C(C=Cc3ccc([N+](=O)[O-])cc3[N+](=O)[O-])CSC12. The van der Waals surface area contributed by atoms with Gasteiger partial charge in [0.2, 0.25) is 5.91 Å². The van der Waals surface area contributed by atoms with E-state index in [0.717, 1.165) is 21.9 Å². The normalized spacial score (nSPS) is 19.3. The first-order chi connectivity index (χ1) is 16.7. The molecule has 0 aliphatic carbocycles. The lowest BCUT2D eigenvalue weighted by molar-refractivity contribution is -0.394. The third-order valence-corrected chi connectivity index (χ3v) is 7.50. The van der Waals surface area contributed by atoms with E-state index in [-0.39, 0.29) is 34.9 Å². The minimum absolute atomic E-state index is 0.0404. The standard InChI is InChI=1S/C21H16N4O8S2/c26-16(9-14-2-1-7-34-14)22-17-19(27)23-18(21(28)29)12(10-35-20(17)23)4-3-11-5-6-13(24(30)31)8-15(11)25(32)33/h1-8,17,20H,9-10H2,(H,22,26)(H,28,29). The maximum atomic E-state index is 12.7. The van der Waals surface area contributed by atoms with Gasteiger partial charge in [-0.1, -0.05) is 12.1 Å². The van der Waals surface area contributed by atoms with E-state index in [0.29, 0.717) is 0 Å². The van der Waals surface area contributed by atoms with Crippen LogP contribution in [0.1, 0.15) is 10.4 Å². The first-order valence-electron chi connectivity index (χ1n) is 10.0. The van der Waals surface area contributed by atoms with Crippen LogP contribution in [-0.2, 0) is 20.8 Å². The number of thioether (sulfide) groups is 1. The number of non-ortho nitro benzene ring substituents is 1. The summed E-state index contributed by atoms with van der Waals surface area (Å²) in [6.45, 7) is 0. The van der Waals surface area contributed by atoms with Crippen LogP contribution in [0.15, 0.2) is 53.1 Å². The van der Waals surface area contributed by atoms with Gasteiger partial charge in [-0.25, -0.2) is 4.79 Å². The maximum absolute atomic E-state index is 12.7. The zero-order valence-electron chi connectivity index (χ0n) is 17.7. The van der Waals surface area contributed by atoms with Gasteiger partial charge in [0, 0.05) is 16.7 Å². The van der Waals surface area contributed by atoms with Crippen molar-refractivity contribution >= 4 is 58.3 Å². The lowest BCUT2D eigenvalue weighted by Gasteiger charge is -2.49. The van der Waals surface area contributed by atoms with Crippen molar-refractivity contribution < 1.29 is 29.3 Å². The molecule has 35 heavy (non-hydrogen) atoms. The Kier molecular flexibility index (Phi) is 6.66. The molecule has 1 saturated heterocycles. The molecule has 180 valence electrons. The Morgan fingerprint density at radius 1 is 1.20 bits per heavy atom. The molecule has 1 aromatic carbocycles. The van der Waals surface area contributed by atoms with Gasteiger partial charge in [0.1, 0.15) is 17.1 Å². The van der Waals surface area contributed by atoms with Crippen LogP contribution in [0.25, 0.3) is 6.08 Å². The summed E-state index contributed by atoms with van der Waals surface area (Å²) in [6.07, 6.45) is 2.74. The fourth-order valence-corrected chi connectivity index (χ4v) is 5.72. The summed E-state index contributed by atoms with van der Waals surface area (Å²) in [7, 11) is 0. The largest absolute Gasteiger partial charge is 0.477 e. The van der Waals surface area contributed by atoms with Gasteiger partial charge in [-0.3, -0.25) is 34.7 Å². The van der Waals surface area contributed by atoms with Crippen molar-refractivity contribution in [3.8, 4) is 0 Å². The number of nitro benzene ring substituents is 2. The van der Waals surface area contributed by atoms with Crippen molar-refractivity contribution in [2.75, 3.05) is 5.75 Å². The third-order valence-electron chi connectivity index (χ3n) is 5.32. The van der Waals surface area contributed by atoms with Gasteiger partial charge in [0.25, 0.3) is 17.3 Å². The van der Waals surface area contributed by atoms with E-state index in [9.17, 15) is 39.7 Å². The number of nitro groups is 2. The lowest BCUT2D eigenvalue weighted by atomic mass is 10.0. The molecule has 0 spiro atoms. The Bertz CT molecular complexity index is 1300. The molecular formula is C21H16N4O8S2. The number of nitrogens with one attached hydrogen (secondary N) is 1. The van der Waals surface area contributed by atoms with Crippen molar-refractivity contribution in [1.82, 2.24) is 10.2 Å². The summed E-state index contributed by atoms with van der Waals surface area (Å²) in [5.41, 5.74) is -0.957. The molecule has 0 saturated carbocycles. The Balaban J connectivity index is 1.55. The highest BCUT2D eigenvalue weighted by Gasteiger charge is 2.53. The monoisotopic (exact) mass is 516 g/mol. The molecule has 1 aromatic heterocycles. The van der Waals surface area contributed by atoms with Crippen LogP contribution < -0.4 is 5.32 Å². The Labute approximate surface area is 205 Å². The van der Waals surface area contributed by atoms with E-state index in [1.54, 1.807) is 6.07 Å². The Morgan fingerprint density at radius 2 is 1.97 bits per heavy atom. The zero-order chi connectivity index (χ0) is 25.3. The highest BCUT2D eigenvalue weighted by molar-refractivity contribution is 8.00. The number of fused-ring (bicyclic) bond motifs is 1. The van der Waals surface area contributed by atoms with Gasteiger partial charge in [-0.05, 0) is 29.2 Å². The summed E-state index contributed by atoms with van der Waals surface area (Å²) in [4.78, 5) is 59.7. The first kappa shape index (κ1) is 24.1. The average molecular weight is 517 g/mol. The summed E-state index contributed by atoms with van der Waals surface area (Å²) in [5, 5.41) is 35.9. The number of carboxylic acids is 1. The van der Waals surface area contributed by atoms with Crippen LogP contribution in [-0.4, -0.2) is 54.8 Å². The third kappa shape index (κ3) is 4.79. The summed E-state index contributed by atoms with van der Waals surface area (Å²) >= 11 is 2.66. The van der Waals surface area contributed by atoms with Gasteiger partial charge in [-0.15, -0.1) is 23.1 Å². The number of β-lactam (4-membered cyclic amide) rings is 1. The molecule has 12 nitrogen and oxygen atoms in total. The number of rotatable bonds is 8. The molecule has 4 rings (SSSR count). The summed E-state index contributed by atoms with van der Waals surface area (Å²) < 4.78 is 0. The Hall–Kier alpha value is -4.04. The topological polar surface area (TPSA) is 173 Å². The maximum Gasteiger partial charge on any atom is 0.352 e. The fourth-order valence-electron chi connectivity index (χ4n) is 3.70. The van der Waals surface area contributed by atoms with Crippen LogP contribution in [0.2, 0.25) is 0 Å². The van der Waals surface area contributed by atoms with Gasteiger partial charge in [0.05, 0.1) is 27.9 Å². The van der Waals surface area contributed by atoms with Crippen molar-refractivity contribution in [3.05, 3.63) is 83.7 Å². The number of nitrogens with zero attached hydrogens (tertiary/aromatic N) is 3. The van der Waals surface area contributed by atoms with Crippen molar-refractivity contribution in [1.29, 1.82) is 0 Å². The molecule has 2 atom stereocenters. The predicted molar refractivity (Wildman–Crippen MR) is 126 cm³/mol. The number of amides is 2. The number of thiophene rings is 1. The van der Waals surface area contributed by atoms with Gasteiger partial charge >= 0.3 is 5.97 Å². The van der Waals surface area contributed by atoms with Crippen LogP contribution in [0.5, 0.6) is 0 Å². The lowest BCUT2D eigenvalue weighted by Crippen LogP contribution is -2.70. The minimum Gasteiger partial charge on any atom is -0.477 e. The average Bonchev–Trinajstić information content (AvgIpc) is 3.33. The molecule has 3 heterocycles. The molecule has 2 N–H and O–H groups in total. The summed E-state index contributed by atoms with van der Waals surface area (Å²) in [5.74, 6) is -2.09. The van der Waals surface area contributed by atoms with E-state index >= 15 is 0 Å². The first-order valence-corrected chi connectivity index (χ1v) is 11.9. The molecule has 2 aromatic rings. The van der Waals surface area contributed by atoms with Crippen LogP contribution in [0.4, 0.5) is 11.4 Å². The number of carboxylic acid groups (broad SMARTS) is 1. The number of aliphatic carboxylic acids is 1. The number of carbonyl (C=O) groups is 3. The number of carbonyl (C=O) groups excluding carboxylic acids is 2. The van der Waals surface area contributed by atoms with E-state index in [4.69, 9.17) is 0 Å². The second-order valence-corrected chi connectivity index (χ2v) is 9.62. The molecule has 0 bridgehead atoms. The highest BCUT2D eigenvalue weighted by atomic mass is 32.2. The number of hydrogen-bond acceptors (Lipinski definition) is 9. The predicted octanol–water partition coefficient (Wildman–Crippen LogP) is 2.56. The zero-order valence-corrected chi connectivity index (χ0v) is 19.3. The molecule has 2 aliphatic heterocycles. The van der Waals surface area contributed by atoms with E-state index in [2.05, 4.69) is 5.32 Å². The second kappa shape index (κ2) is 9.68.